The van der Waals surface area contributed by atoms with E-state index >= 15 is 0 Å². The van der Waals surface area contributed by atoms with Gasteiger partial charge in [0, 0.05) is 17.7 Å². The zero-order valence-corrected chi connectivity index (χ0v) is 20.3. The SMILES string of the molecule is Nc1ccc(Oc2cc3ccccc3c(-c3cccc4ccccc34)c2Oc2ccc(N)c(O)c2)cc1O. The minimum absolute atomic E-state index is 0.0801. The summed E-state index contributed by atoms with van der Waals surface area (Å²) in [6.45, 7) is 0. The second-order valence-electron chi connectivity index (χ2n) is 8.97. The number of nitrogen functional groups attached to an aromatic ring is 2. The summed E-state index contributed by atoms with van der Waals surface area (Å²) in [5.41, 5.74) is 13.9. The number of hydrogen-bond donors (Lipinski definition) is 4. The van der Waals surface area contributed by atoms with Gasteiger partial charge >= 0.3 is 0 Å². The Kier molecular flexibility index (Phi) is 5.62. The maximum atomic E-state index is 10.3. The lowest BCUT2D eigenvalue weighted by Crippen LogP contribution is -1.97. The molecule has 0 amide bonds. The normalized spacial score (nSPS) is 11.1. The van der Waals surface area contributed by atoms with Gasteiger partial charge in [0.2, 0.25) is 0 Å². The van der Waals surface area contributed by atoms with Gasteiger partial charge in [0.05, 0.1) is 11.4 Å². The second kappa shape index (κ2) is 9.26. The number of benzene rings is 6. The zero-order valence-electron chi connectivity index (χ0n) is 20.3. The molecule has 0 aliphatic rings. The lowest BCUT2D eigenvalue weighted by molar-refractivity contribution is 0.413. The fraction of sp³-hybridized carbons (Fsp3) is 0. The van der Waals surface area contributed by atoms with Crippen LogP contribution in [-0.4, -0.2) is 10.2 Å². The van der Waals surface area contributed by atoms with Crippen molar-refractivity contribution in [2.45, 2.75) is 0 Å². The Hall–Kier alpha value is -5.36. The molecule has 6 aromatic carbocycles. The van der Waals surface area contributed by atoms with Gasteiger partial charge in [-0.25, -0.2) is 0 Å². The Morgan fingerprint density at radius 1 is 0.526 bits per heavy atom. The summed E-state index contributed by atoms with van der Waals surface area (Å²) < 4.78 is 12.8. The molecule has 6 aromatic rings. The monoisotopic (exact) mass is 500 g/mol. The minimum Gasteiger partial charge on any atom is -0.506 e. The topological polar surface area (TPSA) is 111 Å². The Labute approximate surface area is 218 Å². The van der Waals surface area contributed by atoms with Crippen molar-refractivity contribution in [1.29, 1.82) is 0 Å². The van der Waals surface area contributed by atoms with Crippen LogP contribution >= 0.6 is 0 Å². The van der Waals surface area contributed by atoms with Gasteiger partial charge in [0.15, 0.2) is 11.5 Å². The fourth-order valence-electron chi connectivity index (χ4n) is 4.61. The maximum Gasteiger partial charge on any atom is 0.178 e. The summed E-state index contributed by atoms with van der Waals surface area (Å²) in [4.78, 5) is 0. The van der Waals surface area contributed by atoms with Gasteiger partial charge in [-0.2, -0.15) is 0 Å². The smallest absolute Gasteiger partial charge is 0.178 e. The Morgan fingerprint density at radius 3 is 1.79 bits per heavy atom. The average molecular weight is 501 g/mol. The first kappa shape index (κ1) is 23.1. The Bertz CT molecular complexity index is 1830. The van der Waals surface area contributed by atoms with Crippen molar-refractivity contribution < 1.29 is 19.7 Å². The highest BCUT2D eigenvalue weighted by Crippen LogP contribution is 2.49. The predicted octanol–water partition coefficient (Wildman–Crippen LogP) is 7.82. The van der Waals surface area contributed by atoms with Crippen LogP contribution in [0.4, 0.5) is 11.4 Å². The molecule has 6 rings (SSSR count). The van der Waals surface area contributed by atoms with Crippen LogP contribution < -0.4 is 20.9 Å². The summed E-state index contributed by atoms with van der Waals surface area (Å²) in [7, 11) is 0. The molecule has 6 heteroatoms. The number of rotatable bonds is 5. The van der Waals surface area contributed by atoms with Crippen molar-refractivity contribution in [1.82, 2.24) is 0 Å². The third kappa shape index (κ3) is 4.14. The number of hydrogen-bond acceptors (Lipinski definition) is 6. The highest BCUT2D eigenvalue weighted by molar-refractivity contribution is 6.09. The number of fused-ring (bicyclic) bond motifs is 2. The molecule has 0 atom stereocenters. The molecule has 38 heavy (non-hydrogen) atoms. The van der Waals surface area contributed by atoms with E-state index in [4.69, 9.17) is 20.9 Å². The van der Waals surface area contributed by atoms with Gasteiger partial charge in [0.1, 0.15) is 23.0 Å². The Morgan fingerprint density at radius 2 is 1.11 bits per heavy atom. The first-order chi connectivity index (χ1) is 18.5. The van der Waals surface area contributed by atoms with E-state index < -0.39 is 0 Å². The number of phenols is 2. The summed E-state index contributed by atoms with van der Waals surface area (Å²) in [6, 6.07) is 33.6. The van der Waals surface area contributed by atoms with E-state index in [1.165, 1.54) is 12.1 Å². The van der Waals surface area contributed by atoms with E-state index in [1.54, 1.807) is 24.3 Å². The Balaban J connectivity index is 1.66. The van der Waals surface area contributed by atoms with Gasteiger partial charge in [-0.05, 0) is 57.4 Å². The summed E-state index contributed by atoms with van der Waals surface area (Å²) >= 11 is 0. The summed E-state index contributed by atoms with van der Waals surface area (Å²) in [5.74, 6) is 1.48. The predicted molar refractivity (Wildman–Crippen MR) is 152 cm³/mol. The second-order valence-corrected chi connectivity index (χ2v) is 8.97. The van der Waals surface area contributed by atoms with Crippen molar-refractivity contribution in [3.8, 4) is 45.6 Å². The number of phenolic OH excluding ortho intramolecular Hbond substituents is 2. The summed E-state index contributed by atoms with van der Waals surface area (Å²) in [5, 5.41) is 24.5. The van der Waals surface area contributed by atoms with Crippen molar-refractivity contribution >= 4 is 32.9 Å². The van der Waals surface area contributed by atoms with Crippen molar-refractivity contribution in [3.63, 3.8) is 0 Å². The highest BCUT2D eigenvalue weighted by Gasteiger charge is 2.21. The molecule has 0 saturated heterocycles. The first-order valence-corrected chi connectivity index (χ1v) is 12.0. The quantitative estimate of drug-likeness (QED) is 0.142. The van der Waals surface area contributed by atoms with Gasteiger partial charge < -0.3 is 31.2 Å². The highest BCUT2D eigenvalue weighted by atomic mass is 16.5. The molecule has 0 bridgehead atoms. The van der Waals surface area contributed by atoms with E-state index in [-0.39, 0.29) is 22.9 Å². The molecular weight excluding hydrogens is 476 g/mol. The van der Waals surface area contributed by atoms with Crippen LogP contribution in [0.5, 0.6) is 34.5 Å². The molecule has 6 N–H and O–H groups in total. The molecule has 0 unspecified atom stereocenters. The minimum atomic E-state index is -0.0825. The third-order valence-corrected chi connectivity index (χ3v) is 6.48. The van der Waals surface area contributed by atoms with Crippen LogP contribution in [0.3, 0.4) is 0 Å². The molecule has 0 aliphatic carbocycles. The van der Waals surface area contributed by atoms with Gasteiger partial charge in [-0.15, -0.1) is 0 Å². The van der Waals surface area contributed by atoms with E-state index in [0.29, 0.717) is 23.0 Å². The summed E-state index contributed by atoms with van der Waals surface area (Å²) in [6.07, 6.45) is 0. The molecule has 0 fully saturated rings. The van der Waals surface area contributed by atoms with Crippen LogP contribution in [0.2, 0.25) is 0 Å². The lowest BCUT2D eigenvalue weighted by Gasteiger charge is -2.20. The molecule has 0 aromatic heterocycles. The van der Waals surface area contributed by atoms with Crippen molar-refractivity contribution in [2.24, 2.45) is 0 Å². The van der Waals surface area contributed by atoms with Gasteiger partial charge in [-0.3, -0.25) is 0 Å². The molecule has 0 radical (unpaired) electrons. The van der Waals surface area contributed by atoms with E-state index in [9.17, 15) is 10.2 Å². The fourth-order valence-corrected chi connectivity index (χ4v) is 4.61. The van der Waals surface area contributed by atoms with Gasteiger partial charge in [0.25, 0.3) is 0 Å². The molecule has 0 spiro atoms. The number of aromatic hydroxyl groups is 2. The molecule has 186 valence electrons. The van der Waals surface area contributed by atoms with Crippen LogP contribution in [-0.2, 0) is 0 Å². The van der Waals surface area contributed by atoms with Crippen LogP contribution in [0.1, 0.15) is 0 Å². The molecule has 6 nitrogen and oxygen atoms in total. The molecule has 0 saturated carbocycles. The van der Waals surface area contributed by atoms with Crippen molar-refractivity contribution in [2.75, 3.05) is 11.5 Å². The van der Waals surface area contributed by atoms with Crippen molar-refractivity contribution in [3.05, 3.63) is 109 Å². The van der Waals surface area contributed by atoms with Gasteiger partial charge in [-0.1, -0.05) is 66.7 Å². The largest absolute Gasteiger partial charge is 0.506 e. The maximum absolute atomic E-state index is 10.3. The average Bonchev–Trinajstić information content (AvgIpc) is 2.93. The number of nitrogens with two attached hydrogens (primary N) is 2. The van der Waals surface area contributed by atoms with Crippen LogP contribution in [0, 0.1) is 0 Å². The van der Waals surface area contributed by atoms with E-state index in [0.717, 1.165) is 32.7 Å². The van der Waals surface area contributed by atoms with E-state index in [1.807, 2.05) is 48.5 Å². The lowest BCUT2D eigenvalue weighted by atomic mass is 9.92. The number of anilines is 2. The van der Waals surface area contributed by atoms with Crippen LogP contribution in [0.25, 0.3) is 32.7 Å². The van der Waals surface area contributed by atoms with Crippen LogP contribution in [0.15, 0.2) is 109 Å². The first-order valence-electron chi connectivity index (χ1n) is 12.0. The molecule has 0 aliphatic heterocycles. The number of ether oxygens (including phenoxy) is 2. The third-order valence-electron chi connectivity index (χ3n) is 6.48. The molecule has 0 heterocycles. The standard InChI is InChI=1S/C32H24N2O4/c33-26-14-12-21(17-28(26)35)37-30-16-20-7-2-4-10-24(20)31(25-11-5-8-19-6-1-3-9-23(19)25)32(30)38-22-13-15-27(34)29(36)18-22/h1-18,35-36H,33-34H2. The molecular formula is C32H24N2O4. The van der Waals surface area contributed by atoms with E-state index in [2.05, 4.69) is 24.3 Å². The zero-order chi connectivity index (χ0) is 26.2.